The second kappa shape index (κ2) is 50.4. The van der Waals surface area contributed by atoms with Crippen molar-refractivity contribution < 1.29 is 34.1 Å². The van der Waals surface area contributed by atoms with Crippen molar-refractivity contribution in [3.8, 4) is 0 Å². The number of ether oxygens (including phenoxy) is 1. The van der Waals surface area contributed by atoms with Crippen LogP contribution < -0.4 is 10.6 Å². The normalized spacial score (nSPS) is 13.1. The molecular weight excluding hydrogens is 825 g/mol. The minimum atomic E-state index is -1.39. The third-order valence-corrected chi connectivity index (χ3v) is 11.4. The molecule has 66 heavy (non-hydrogen) atoms. The number of carboxylic acids is 1. The Hall–Kier alpha value is -3.98. The van der Waals surface area contributed by atoms with Gasteiger partial charge in [0.05, 0.1) is 13.2 Å². The first-order valence-corrected chi connectivity index (χ1v) is 26.5. The van der Waals surface area contributed by atoms with Crippen LogP contribution in [-0.2, 0) is 23.9 Å². The van der Waals surface area contributed by atoms with Gasteiger partial charge in [0.15, 0.2) is 0 Å². The summed E-state index contributed by atoms with van der Waals surface area (Å²) in [5.74, 6) is -2.34. The first-order chi connectivity index (χ1) is 32.3. The maximum atomic E-state index is 12.9. The zero-order valence-corrected chi connectivity index (χ0v) is 41.9. The van der Waals surface area contributed by atoms with Crippen molar-refractivity contribution in [3.05, 3.63) is 85.1 Å². The van der Waals surface area contributed by atoms with E-state index in [1.165, 1.54) is 83.5 Å². The van der Waals surface area contributed by atoms with Crippen molar-refractivity contribution >= 4 is 23.8 Å². The van der Waals surface area contributed by atoms with Crippen LogP contribution in [0.25, 0.3) is 0 Å². The first kappa shape index (κ1) is 62.0. The number of carbonyl (C=O) groups excluding carboxylic acids is 3. The van der Waals surface area contributed by atoms with Crippen molar-refractivity contribution in [2.75, 3.05) is 13.2 Å². The molecule has 9 heteroatoms. The average Bonchev–Trinajstić information content (AvgIpc) is 3.30. The molecule has 0 saturated heterocycles. The van der Waals surface area contributed by atoms with E-state index >= 15 is 0 Å². The summed E-state index contributed by atoms with van der Waals surface area (Å²) in [7, 11) is 0. The Kier molecular flexibility index (Phi) is 47.4. The summed E-state index contributed by atoms with van der Waals surface area (Å²) in [6.45, 7) is 3.36. The minimum Gasteiger partial charge on any atom is -0.480 e. The molecule has 376 valence electrons. The standard InChI is InChI=1S/C57H96N2O7/c1-3-5-7-9-11-13-15-17-19-20-21-22-23-24-25-26-28-30-32-34-36-41-45-49-56(63)66-52(46-42-38-35-33-31-29-27-18-16-14-12-10-8-6-4-2)47-43-39-37-40-44-48-54(61)58-50-55(62)59-53(51-60)57(64)65/h6,8,12,14-15,17-18,20-21,23-24,27,31,33,52-53,60H,3-5,7,9-11,13,16,19,22,25-26,28-30,32,34-51H2,1-2H3,(H,58,61)(H,59,62)(H,64,65)/b8-6-,14-12-,17-15-,21-20-,24-23-,27-18-,33-31-. The van der Waals surface area contributed by atoms with Crippen LogP contribution in [0.2, 0.25) is 0 Å². The number of nitrogens with one attached hydrogen (secondary N) is 2. The second-order valence-corrected chi connectivity index (χ2v) is 17.6. The van der Waals surface area contributed by atoms with E-state index in [0.717, 1.165) is 109 Å². The summed E-state index contributed by atoms with van der Waals surface area (Å²) in [6, 6.07) is -1.39. The van der Waals surface area contributed by atoms with E-state index in [-0.39, 0.29) is 30.9 Å². The highest BCUT2D eigenvalue weighted by Gasteiger charge is 2.19. The summed E-state index contributed by atoms with van der Waals surface area (Å²) in [4.78, 5) is 47.8. The van der Waals surface area contributed by atoms with E-state index in [0.29, 0.717) is 12.8 Å². The molecule has 2 atom stereocenters. The monoisotopic (exact) mass is 921 g/mol. The quantitative estimate of drug-likeness (QED) is 0.0270. The zero-order valence-electron chi connectivity index (χ0n) is 41.9. The van der Waals surface area contributed by atoms with Crippen LogP contribution in [0, 0.1) is 0 Å². The molecule has 0 aromatic carbocycles. The van der Waals surface area contributed by atoms with Crippen LogP contribution in [0.15, 0.2) is 85.1 Å². The van der Waals surface area contributed by atoms with Gasteiger partial charge in [-0.25, -0.2) is 4.79 Å². The Bertz CT molecular complexity index is 1380. The van der Waals surface area contributed by atoms with E-state index in [4.69, 9.17) is 14.9 Å². The highest BCUT2D eigenvalue weighted by Crippen LogP contribution is 2.18. The number of hydrogen-bond donors (Lipinski definition) is 4. The van der Waals surface area contributed by atoms with Gasteiger partial charge >= 0.3 is 11.9 Å². The van der Waals surface area contributed by atoms with E-state index in [9.17, 15) is 19.2 Å². The molecule has 0 aliphatic heterocycles. The SMILES string of the molecule is CC/C=C\C/C=C\C/C=C\C/C=C\CCCCC(CCCCCCCC(=O)NCC(=O)NC(CO)C(=O)O)OC(=O)CCCCCCCCCC/C=C\C/C=C\C/C=C\CCCCCCC. The third kappa shape index (κ3) is 46.5. The van der Waals surface area contributed by atoms with Gasteiger partial charge in [-0.15, -0.1) is 0 Å². The maximum absolute atomic E-state index is 12.9. The summed E-state index contributed by atoms with van der Waals surface area (Å²) < 4.78 is 6.05. The number of allylic oxidation sites excluding steroid dienone is 14. The molecule has 2 unspecified atom stereocenters. The number of unbranched alkanes of at least 4 members (excludes halogenated alkanes) is 19. The Balaban J connectivity index is 4.36. The third-order valence-electron chi connectivity index (χ3n) is 11.4. The number of aliphatic carboxylic acids is 1. The Morgan fingerprint density at radius 3 is 1.33 bits per heavy atom. The van der Waals surface area contributed by atoms with E-state index in [2.05, 4.69) is 110 Å². The first-order valence-electron chi connectivity index (χ1n) is 26.5. The lowest BCUT2D eigenvalue weighted by atomic mass is 10.0. The predicted molar refractivity (Wildman–Crippen MR) is 277 cm³/mol. The lowest BCUT2D eigenvalue weighted by Crippen LogP contribution is -2.47. The van der Waals surface area contributed by atoms with Gasteiger partial charge in [-0.1, -0.05) is 182 Å². The molecule has 0 aliphatic rings. The molecule has 0 saturated carbocycles. The van der Waals surface area contributed by atoms with Gasteiger partial charge < -0.3 is 25.6 Å². The molecule has 0 aliphatic carbocycles. The van der Waals surface area contributed by atoms with Gasteiger partial charge in [0.2, 0.25) is 11.8 Å². The van der Waals surface area contributed by atoms with E-state index in [1.54, 1.807) is 0 Å². The highest BCUT2D eigenvalue weighted by atomic mass is 16.5. The van der Waals surface area contributed by atoms with Crippen molar-refractivity contribution in [2.24, 2.45) is 0 Å². The lowest BCUT2D eigenvalue weighted by molar-refractivity contribution is -0.150. The van der Waals surface area contributed by atoms with E-state index < -0.39 is 24.5 Å². The fraction of sp³-hybridized carbons (Fsp3) is 0.684. The molecule has 0 bridgehead atoms. The van der Waals surface area contributed by atoms with Crippen LogP contribution in [-0.4, -0.2) is 59.3 Å². The van der Waals surface area contributed by atoms with Crippen molar-refractivity contribution in [3.63, 3.8) is 0 Å². The number of aliphatic hydroxyl groups is 1. The summed E-state index contributed by atoms with van der Waals surface area (Å²) in [5, 5.41) is 22.6. The molecule has 0 heterocycles. The molecule has 0 aromatic rings. The minimum absolute atomic E-state index is 0.0633. The van der Waals surface area contributed by atoms with Gasteiger partial charge in [-0.05, 0) is 116 Å². The van der Waals surface area contributed by atoms with Crippen molar-refractivity contribution in [1.29, 1.82) is 0 Å². The molecule has 4 N–H and O–H groups in total. The highest BCUT2D eigenvalue weighted by molar-refractivity contribution is 5.87. The van der Waals surface area contributed by atoms with Gasteiger partial charge in [-0.3, -0.25) is 14.4 Å². The number of hydrogen-bond acceptors (Lipinski definition) is 6. The lowest BCUT2D eigenvalue weighted by Gasteiger charge is -2.18. The number of carbonyl (C=O) groups is 4. The fourth-order valence-corrected chi connectivity index (χ4v) is 7.36. The van der Waals surface area contributed by atoms with Gasteiger partial charge in [0, 0.05) is 12.8 Å². The molecule has 0 aromatic heterocycles. The van der Waals surface area contributed by atoms with Crippen molar-refractivity contribution in [1.82, 2.24) is 10.6 Å². The summed E-state index contributed by atoms with van der Waals surface area (Å²) >= 11 is 0. The maximum Gasteiger partial charge on any atom is 0.328 e. The Morgan fingerprint density at radius 1 is 0.470 bits per heavy atom. The summed E-state index contributed by atoms with van der Waals surface area (Å²) in [6.07, 6.45) is 66.2. The van der Waals surface area contributed by atoms with E-state index in [1.807, 2.05) is 0 Å². The molecule has 0 rings (SSSR count). The van der Waals surface area contributed by atoms with Crippen LogP contribution in [0.5, 0.6) is 0 Å². The number of aliphatic hydroxyl groups excluding tert-OH is 1. The van der Waals surface area contributed by atoms with Gasteiger partial charge in [0.1, 0.15) is 12.1 Å². The largest absolute Gasteiger partial charge is 0.480 e. The Labute approximate surface area is 403 Å². The van der Waals surface area contributed by atoms with Crippen LogP contribution >= 0.6 is 0 Å². The topological polar surface area (TPSA) is 142 Å². The fourth-order valence-electron chi connectivity index (χ4n) is 7.36. The van der Waals surface area contributed by atoms with Gasteiger partial charge in [-0.2, -0.15) is 0 Å². The molecule has 0 fully saturated rings. The van der Waals surface area contributed by atoms with Crippen LogP contribution in [0.4, 0.5) is 0 Å². The molecule has 9 nitrogen and oxygen atoms in total. The molecule has 0 spiro atoms. The molecule has 0 radical (unpaired) electrons. The predicted octanol–water partition coefficient (Wildman–Crippen LogP) is 14.4. The van der Waals surface area contributed by atoms with Crippen molar-refractivity contribution in [2.45, 2.75) is 238 Å². The zero-order chi connectivity index (χ0) is 48.2. The summed E-state index contributed by atoms with van der Waals surface area (Å²) in [5.41, 5.74) is 0. The van der Waals surface area contributed by atoms with Crippen LogP contribution in [0.3, 0.4) is 0 Å². The van der Waals surface area contributed by atoms with Crippen LogP contribution in [0.1, 0.15) is 226 Å². The smallest absolute Gasteiger partial charge is 0.328 e. The van der Waals surface area contributed by atoms with Gasteiger partial charge in [0.25, 0.3) is 0 Å². The number of carboxylic acid groups (broad SMARTS) is 1. The number of amides is 2. The number of rotatable bonds is 47. The second-order valence-electron chi connectivity index (χ2n) is 17.6. The molecule has 2 amide bonds. The average molecular weight is 921 g/mol. The number of esters is 1. The molecular formula is C57H96N2O7. The Morgan fingerprint density at radius 2 is 0.864 bits per heavy atom.